The fourth-order valence-electron chi connectivity index (χ4n) is 4.42. The molecule has 0 fully saturated rings. The van der Waals surface area contributed by atoms with E-state index in [0.29, 0.717) is 13.0 Å². The lowest BCUT2D eigenvalue weighted by molar-refractivity contribution is -0.135. The number of hydrogen-bond donors (Lipinski definition) is 0. The van der Waals surface area contributed by atoms with Crippen LogP contribution >= 0.6 is 11.3 Å². The molecule has 160 valence electrons. The predicted molar refractivity (Wildman–Crippen MR) is 120 cm³/mol. The number of hydrazone groups is 1. The highest BCUT2D eigenvalue weighted by Gasteiger charge is 2.36. The molecule has 7 heteroatoms. The lowest BCUT2D eigenvalue weighted by Gasteiger charge is -2.34. The first kappa shape index (κ1) is 20.0. The fraction of sp³-hybridized carbons (Fsp3) is 0.333. The number of methoxy groups -OCH3 is 1. The van der Waals surface area contributed by atoms with E-state index in [1.54, 1.807) is 18.4 Å². The Morgan fingerprint density at radius 2 is 2.10 bits per heavy atom. The number of rotatable bonds is 5. The van der Waals surface area contributed by atoms with Gasteiger partial charge in [-0.2, -0.15) is 5.10 Å². The number of thiophene rings is 1. The maximum atomic E-state index is 13.4. The first-order valence-corrected chi connectivity index (χ1v) is 11.4. The molecule has 1 aromatic carbocycles. The summed E-state index contributed by atoms with van der Waals surface area (Å²) in [6.45, 7) is 3.40. The average molecular weight is 436 g/mol. The molecule has 4 heterocycles. The molecule has 31 heavy (non-hydrogen) atoms. The molecule has 1 amide bonds. The van der Waals surface area contributed by atoms with Crippen LogP contribution in [-0.4, -0.2) is 41.7 Å². The van der Waals surface area contributed by atoms with Crippen molar-refractivity contribution in [2.45, 2.75) is 31.8 Å². The van der Waals surface area contributed by atoms with Crippen molar-refractivity contribution in [3.05, 3.63) is 75.9 Å². The van der Waals surface area contributed by atoms with Crippen LogP contribution in [0.25, 0.3) is 0 Å². The number of carbonyl (C=O) groups excluding carboxylic acids is 1. The summed E-state index contributed by atoms with van der Waals surface area (Å²) < 4.78 is 10.9. The third kappa shape index (κ3) is 3.79. The van der Waals surface area contributed by atoms with Crippen LogP contribution in [0.3, 0.4) is 0 Å². The van der Waals surface area contributed by atoms with Gasteiger partial charge in [0.05, 0.1) is 25.6 Å². The van der Waals surface area contributed by atoms with Crippen molar-refractivity contribution >= 4 is 23.0 Å². The molecule has 0 spiro atoms. The van der Waals surface area contributed by atoms with Crippen molar-refractivity contribution in [2.75, 3.05) is 20.2 Å². The van der Waals surface area contributed by atoms with Crippen LogP contribution in [0.2, 0.25) is 0 Å². The number of fused-ring (bicyclic) bond motifs is 1. The molecule has 0 saturated heterocycles. The van der Waals surface area contributed by atoms with Crippen molar-refractivity contribution in [3.63, 3.8) is 0 Å². The Bertz CT molecular complexity index is 1090. The SMILES string of the molecule is COc1ccc(C2=NN(C(=O)CN3CCc4sccc4[C@H]3C)[C@H](c3ccco3)C2)cc1. The maximum absolute atomic E-state index is 13.4. The Morgan fingerprint density at radius 1 is 1.26 bits per heavy atom. The molecule has 3 aromatic rings. The minimum absolute atomic E-state index is 0.00422. The van der Waals surface area contributed by atoms with Gasteiger partial charge in [-0.25, -0.2) is 5.01 Å². The summed E-state index contributed by atoms with van der Waals surface area (Å²) in [5.41, 5.74) is 3.21. The Kier molecular flexibility index (Phi) is 5.38. The van der Waals surface area contributed by atoms with Crippen molar-refractivity contribution in [1.29, 1.82) is 0 Å². The summed E-state index contributed by atoms with van der Waals surface area (Å²) in [6, 6.07) is 13.8. The van der Waals surface area contributed by atoms with E-state index in [2.05, 4.69) is 23.3 Å². The average Bonchev–Trinajstić information content (AvgIpc) is 3.55. The lowest BCUT2D eigenvalue weighted by Crippen LogP contribution is -2.42. The number of ether oxygens (including phenoxy) is 1. The number of carbonyl (C=O) groups is 1. The van der Waals surface area contributed by atoms with Crippen molar-refractivity contribution in [3.8, 4) is 5.75 Å². The molecule has 2 aliphatic rings. The predicted octanol–water partition coefficient (Wildman–Crippen LogP) is 4.65. The van der Waals surface area contributed by atoms with E-state index in [9.17, 15) is 4.79 Å². The Labute approximate surface area is 185 Å². The number of amides is 1. The van der Waals surface area contributed by atoms with Gasteiger partial charge in [0.1, 0.15) is 17.6 Å². The van der Waals surface area contributed by atoms with Crippen molar-refractivity contribution in [1.82, 2.24) is 9.91 Å². The van der Waals surface area contributed by atoms with E-state index in [0.717, 1.165) is 35.8 Å². The second-order valence-corrected chi connectivity index (χ2v) is 8.95. The van der Waals surface area contributed by atoms with E-state index >= 15 is 0 Å². The van der Waals surface area contributed by atoms with E-state index in [-0.39, 0.29) is 18.0 Å². The summed E-state index contributed by atoms with van der Waals surface area (Å²) in [4.78, 5) is 17.1. The fourth-order valence-corrected chi connectivity index (χ4v) is 5.39. The van der Waals surface area contributed by atoms with Gasteiger partial charge in [-0.3, -0.25) is 9.69 Å². The van der Waals surface area contributed by atoms with Gasteiger partial charge in [0.15, 0.2) is 0 Å². The number of benzene rings is 1. The maximum Gasteiger partial charge on any atom is 0.257 e. The second kappa shape index (κ2) is 8.32. The standard InChI is InChI=1S/C24H25N3O3S/c1-16-19-10-13-31-23(19)9-11-26(16)15-24(28)27-21(22-4-3-12-30-22)14-20(25-27)17-5-7-18(29-2)8-6-17/h3-8,10,12-13,16,21H,9,11,14-15H2,1-2H3/t16-,21+/m1/s1. The van der Waals surface area contributed by atoms with Gasteiger partial charge >= 0.3 is 0 Å². The Morgan fingerprint density at radius 3 is 2.84 bits per heavy atom. The summed E-state index contributed by atoms with van der Waals surface area (Å²) in [5, 5.41) is 8.51. The molecule has 5 rings (SSSR count). The van der Waals surface area contributed by atoms with Crippen molar-refractivity contribution < 1.29 is 13.9 Å². The molecule has 2 atom stereocenters. The van der Waals surface area contributed by atoms with Crippen LogP contribution in [-0.2, 0) is 11.2 Å². The van der Waals surface area contributed by atoms with E-state index < -0.39 is 0 Å². The normalized spacial score (nSPS) is 21.1. The molecule has 0 radical (unpaired) electrons. The number of furan rings is 1. The number of nitrogens with zero attached hydrogens (tertiary/aromatic N) is 3. The molecule has 2 aliphatic heterocycles. The lowest BCUT2D eigenvalue weighted by atomic mass is 10.0. The number of hydrogen-bond acceptors (Lipinski definition) is 6. The Balaban J connectivity index is 1.38. The van der Waals surface area contributed by atoms with Crippen molar-refractivity contribution in [2.24, 2.45) is 5.10 Å². The zero-order valence-electron chi connectivity index (χ0n) is 17.7. The summed E-state index contributed by atoms with van der Waals surface area (Å²) in [6.07, 6.45) is 3.26. The minimum Gasteiger partial charge on any atom is -0.497 e. The monoisotopic (exact) mass is 435 g/mol. The molecule has 0 aliphatic carbocycles. The third-order valence-electron chi connectivity index (χ3n) is 6.20. The van der Waals surface area contributed by atoms with E-state index in [1.165, 1.54) is 10.4 Å². The Hall–Kier alpha value is -2.90. The zero-order chi connectivity index (χ0) is 21.4. The highest BCUT2D eigenvalue weighted by molar-refractivity contribution is 7.10. The van der Waals surface area contributed by atoms with E-state index in [1.807, 2.05) is 47.7 Å². The minimum atomic E-state index is -0.226. The van der Waals surface area contributed by atoms with Crippen LogP contribution in [0.15, 0.2) is 63.6 Å². The highest BCUT2D eigenvalue weighted by Crippen LogP contribution is 2.36. The topological polar surface area (TPSA) is 58.3 Å². The van der Waals surface area contributed by atoms with Gasteiger partial charge in [0.25, 0.3) is 5.91 Å². The molecule has 6 nitrogen and oxygen atoms in total. The van der Waals surface area contributed by atoms with Crippen LogP contribution in [0.1, 0.15) is 47.2 Å². The molecular formula is C24H25N3O3S. The molecule has 0 unspecified atom stereocenters. The van der Waals surface area contributed by atoms with Gasteiger partial charge in [-0.15, -0.1) is 11.3 Å². The zero-order valence-corrected chi connectivity index (χ0v) is 18.5. The van der Waals surface area contributed by atoms with Gasteiger partial charge in [-0.05, 0) is 72.3 Å². The molecule has 0 N–H and O–H groups in total. The van der Waals surface area contributed by atoms with Crippen LogP contribution in [0, 0.1) is 0 Å². The first-order chi connectivity index (χ1) is 15.1. The van der Waals surface area contributed by atoms with E-state index in [4.69, 9.17) is 14.3 Å². The first-order valence-electron chi connectivity index (χ1n) is 10.5. The van der Waals surface area contributed by atoms with Gasteiger partial charge in [0.2, 0.25) is 0 Å². The third-order valence-corrected chi connectivity index (χ3v) is 7.20. The highest BCUT2D eigenvalue weighted by atomic mass is 32.1. The van der Waals surface area contributed by atoms with Gasteiger partial charge in [-0.1, -0.05) is 0 Å². The van der Waals surface area contributed by atoms with Gasteiger partial charge in [0, 0.05) is 23.9 Å². The molecule has 0 saturated carbocycles. The second-order valence-electron chi connectivity index (χ2n) is 7.94. The van der Waals surface area contributed by atoms with Crippen LogP contribution < -0.4 is 4.74 Å². The summed E-state index contributed by atoms with van der Waals surface area (Å²) in [5.74, 6) is 1.55. The summed E-state index contributed by atoms with van der Waals surface area (Å²) >= 11 is 1.81. The summed E-state index contributed by atoms with van der Waals surface area (Å²) in [7, 11) is 1.65. The largest absolute Gasteiger partial charge is 0.497 e. The molecule has 2 aromatic heterocycles. The van der Waals surface area contributed by atoms with Gasteiger partial charge < -0.3 is 9.15 Å². The molecular weight excluding hydrogens is 410 g/mol. The smallest absolute Gasteiger partial charge is 0.257 e. The van der Waals surface area contributed by atoms with Crippen LogP contribution in [0.5, 0.6) is 5.75 Å². The quantitative estimate of drug-likeness (QED) is 0.586. The molecule has 0 bridgehead atoms. The van der Waals surface area contributed by atoms with Crippen LogP contribution in [0.4, 0.5) is 0 Å².